The van der Waals surface area contributed by atoms with Crippen molar-refractivity contribution >= 4 is 28.3 Å². The van der Waals surface area contributed by atoms with E-state index in [0.29, 0.717) is 6.54 Å². The monoisotopic (exact) mass is 442 g/mol. The highest BCUT2D eigenvalue weighted by molar-refractivity contribution is 6.12. The number of aromatic nitrogens is 2. The van der Waals surface area contributed by atoms with Crippen molar-refractivity contribution < 1.29 is 4.79 Å². The topological polar surface area (TPSA) is 50.2 Å². The summed E-state index contributed by atoms with van der Waals surface area (Å²) in [7, 11) is 0. The number of amides is 1. The predicted octanol–water partition coefficient (Wildman–Crippen LogP) is 5.69. The van der Waals surface area contributed by atoms with E-state index in [9.17, 15) is 4.79 Å². The number of fused-ring (bicyclic) bond motifs is 8. The molecule has 1 aromatic heterocycles. The first-order chi connectivity index (χ1) is 16.7. The molecule has 164 valence electrons. The Morgan fingerprint density at radius 1 is 0.882 bits per heavy atom. The Hall–Kier alpha value is -4.38. The molecule has 2 aliphatic rings. The van der Waals surface area contributed by atoms with Gasteiger partial charge >= 0.3 is 0 Å². The maximum atomic E-state index is 14.6. The summed E-state index contributed by atoms with van der Waals surface area (Å²) in [5, 5.41) is 3.69. The number of rotatable bonds is 2. The van der Waals surface area contributed by atoms with E-state index in [1.807, 2.05) is 65.6 Å². The molecule has 5 nitrogen and oxygen atoms in total. The van der Waals surface area contributed by atoms with Crippen LogP contribution in [-0.4, -0.2) is 15.5 Å². The average Bonchev–Trinajstić information content (AvgIpc) is 3.36. The summed E-state index contributed by atoms with van der Waals surface area (Å²) in [5.74, 6) is 0.800. The van der Waals surface area contributed by atoms with Crippen molar-refractivity contribution in [2.24, 2.45) is 0 Å². The van der Waals surface area contributed by atoms with Crippen LogP contribution in [0.1, 0.15) is 16.7 Å². The summed E-state index contributed by atoms with van der Waals surface area (Å²) in [6, 6.07) is 32.6. The maximum absolute atomic E-state index is 14.6. The van der Waals surface area contributed by atoms with E-state index in [0.717, 1.165) is 50.5 Å². The number of carbonyl (C=O) groups is 1. The number of para-hydroxylation sites is 3. The normalized spacial score (nSPS) is 18.0. The Morgan fingerprint density at radius 2 is 1.65 bits per heavy atom. The minimum Gasteiger partial charge on any atom is -0.350 e. The zero-order valence-corrected chi connectivity index (χ0v) is 18.7. The second kappa shape index (κ2) is 6.81. The molecular weight excluding hydrogens is 420 g/mol. The van der Waals surface area contributed by atoms with E-state index in [-0.39, 0.29) is 5.91 Å². The second-order valence-corrected chi connectivity index (χ2v) is 9.04. The molecule has 2 aliphatic heterocycles. The van der Waals surface area contributed by atoms with E-state index >= 15 is 0 Å². The standard InChI is InChI=1S/C29H22N4O/c1-19-15-16-25-22(17-19)29(28(34)32(25)18-20-9-3-2-4-10-20)31-23-12-6-5-11-21(23)27-30-24-13-7-8-14-26(24)33(27)29/h2-17,31H,18H2,1H3. The summed E-state index contributed by atoms with van der Waals surface area (Å²) in [5.41, 5.74) is 6.67. The summed E-state index contributed by atoms with van der Waals surface area (Å²) in [6.45, 7) is 2.57. The lowest BCUT2D eigenvalue weighted by molar-refractivity contribution is -0.123. The molecule has 1 unspecified atom stereocenters. The van der Waals surface area contributed by atoms with Crippen molar-refractivity contribution in [2.75, 3.05) is 10.2 Å². The Labute approximate surface area is 197 Å². The van der Waals surface area contributed by atoms with Crippen LogP contribution in [-0.2, 0) is 17.0 Å². The Morgan fingerprint density at radius 3 is 2.53 bits per heavy atom. The molecule has 0 fully saturated rings. The smallest absolute Gasteiger partial charge is 0.279 e. The lowest BCUT2D eigenvalue weighted by atomic mass is 9.94. The van der Waals surface area contributed by atoms with Gasteiger partial charge in [0.25, 0.3) is 5.91 Å². The largest absolute Gasteiger partial charge is 0.350 e. The summed E-state index contributed by atoms with van der Waals surface area (Å²) in [6.07, 6.45) is 0. The SMILES string of the molecule is Cc1ccc2c(c1)C1(Nc3ccccc3-c3nc4ccccc4n31)C(=O)N2Cc1ccccc1. The van der Waals surface area contributed by atoms with Gasteiger partial charge in [-0.25, -0.2) is 4.98 Å². The minimum atomic E-state index is -1.12. The first-order valence-electron chi connectivity index (χ1n) is 11.5. The highest BCUT2D eigenvalue weighted by Gasteiger charge is 2.56. The van der Waals surface area contributed by atoms with E-state index in [4.69, 9.17) is 4.98 Å². The van der Waals surface area contributed by atoms with Crippen molar-refractivity contribution in [1.29, 1.82) is 0 Å². The lowest BCUT2D eigenvalue weighted by Gasteiger charge is -2.38. The van der Waals surface area contributed by atoms with Crippen LogP contribution in [0.25, 0.3) is 22.4 Å². The lowest BCUT2D eigenvalue weighted by Crippen LogP contribution is -2.53. The number of imidazole rings is 1. The van der Waals surface area contributed by atoms with Gasteiger partial charge in [-0.05, 0) is 48.9 Å². The third kappa shape index (κ3) is 2.44. The Balaban J connectivity index is 1.55. The van der Waals surface area contributed by atoms with Crippen LogP contribution < -0.4 is 10.2 Å². The van der Waals surface area contributed by atoms with Crippen LogP contribution >= 0.6 is 0 Å². The van der Waals surface area contributed by atoms with Crippen LogP contribution in [0.3, 0.4) is 0 Å². The zero-order chi connectivity index (χ0) is 22.9. The summed E-state index contributed by atoms with van der Waals surface area (Å²) < 4.78 is 2.11. The molecule has 3 heterocycles. The fourth-order valence-electron chi connectivity index (χ4n) is 5.44. The van der Waals surface area contributed by atoms with Gasteiger partial charge in [-0.2, -0.15) is 0 Å². The van der Waals surface area contributed by atoms with Crippen molar-refractivity contribution in [1.82, 2.24) is 9.55 Å². The fraction of sp³-hybridized carbons (Fsp3) is 0.103. The van der Waals surface area contributed by atoms with Crippen molar-refractivity contribution in [2.45, 2.75) is 19.1 Å². The maximum Gasteiger partial charge on any atom is 0.279 e. The summed E-state index contributed by atoms with van der Waals surface area (Å²) in [4.78, 5) is 21.5. The molecule has 1 spiro atoms. The Bertz CT molecular complexity index is 1600. The van der Waals surface area contributed by atoms with E-state index in [1.54, 1.807) is 0 Å². The third-order valence-corrected chi connectivity index (χ3v) is 6.95. The molecule has 0 aliphatic carbocycles. The van der Waals surface area contributed by atoms with Gasteiger partial charge in [0.1, 0.15) is 5.82 Å². The van der Waals surface area contributed by atoms with E-state index < -0.39 is 5.66 Å². The van der Waals surface area contributed by atoms with Crippen molar-refractivity contribution in [3.05, 3.63) is 114 Å². The zero-order valence-electron chi connectivity index (χ0n) is 18.7. The molecule has 1 amide bonds. The first kappa shape index (κ1) is 19.1. The van der Waals surface area contributed by atoms with Gasteiger partial charge in [0.15, 0.2) is 0 Å². The highest BCUT2D eigenvalue weighted by Crippen LogP contribution is 2.51. The molecule has 1 atom stereocenters. The fourth-order valence-corrected chi connectivity index (χ4v) is 5.44. The van der Waals surface area contributed by atoms with Crippen LogP contribution in [0.4, 0.5) is 11.4 Å². The van der Waals surface area contributed by atoms with Gasteiger partial charge in [0, 0.05) is 16.8 Å². The van der Waals surface area contributed by atoms with E-state index in [2.05, 4.69) is 53.2 Å². The van der Waals surface area contributed by atoms with Gasteiger partial charge in [-0.3, -0.25) is 9.36 Å². The third-order valence-electron chi connectivity index (χ3n) is 6.95. The first-order valence-corrected chi connectivity index (χ1v) is 11.5. The molecule has 1 N–H and O–H groups in total. The van der Waals surface area contributed by atoms with Gasteiger partial charge in [0.05, 0.1) is 23.3 Å². The van der Waals surface area contributed by atoms with Crippen molar-refractivity contribution in [3.8, 4) is 11.4 Å². The number of hydrogen-bond donors (Lipinski definition) is 1. The molecule has 4 aromatic carbocycles. The predicted molar refractivity (Wildman–Crippen MR) is 135 cm³/mol. The van der Waals surface area contributed by atoms with Gasteiger partial charge in [0.2, 0.25) is 5.66 Å². The Kier molecular flexibility index (Phi) is 3.83. The number of aryl methyl sites for hydroxylation is 1. The van der Waals surface area contributed by atoms with Crippen LogP contribution in [0.15, 0.2) is 97.1 Å². The van der Waals surface area contributed by atoms with Gasteiger partial charge in [-0.15, -0.1) is 0 Å². The van der Waals surface area contributed by atoms with Crippen LogP contribution in [0, 0.1) is 6.92 Å². The molecule has 34 heavy (non-hydrogen) atoms. The highest BCUT2D eigenvalue weighted by atomic mass is 16.2. The van der Waals surface area contributed by atoms with Crippen LogP contribution in [0.2, 0.25) is 0 Å². The van der Waals surface area contributed by atoms with Crippen molar-refractivity contribution in [3.63, 3.8) is 0 Å². The molecule has 0 saturated carbocycles. The summed E-state index contributed by atoms with van der Waals surface area (Å²) >= 11 is 0. The number of benzene rings is 4. The van der Waals surface area contributed by atoms with E-state index in [1.165, 1.54) is 0 Å². The number of hydrogen-bond acceptors (Lipinski definition) is 3. The van der Waals surface area contributed by atoms with Gasteiger partial charge < -0.3 is 10.2 Å². The number of nitrogens with one attached hydrogen (secondary N) is 1. The molecule has 0 saturated heterocycles. The number of nitrogens with zero attached hydrogens (tertiary/aromatic N) is 3. The minimum absolute atomic E-state index is 0.00383. The number of carbonyl (C=O) groups excluding carboxylic acids is 1. The average molecular weight is 443 g/mol. The molecule has 5 heteroatoms. The second-order valence-electron chi connectivity index (χ2n) is 9.04. The molecule has 0 radical (unpaired) electrons. The molecule has 5 aromatic rings. The molecule has 7 rings (SSSR count). The van der Waals surface area contributed by atoms with Gasteiger partial charge in [-0.1, -0.05) is 66.2 Å². The quantitative estimate of drug-likeness (QED) is 0.382. The number of anilines is 2. The molecule has 0 bridgehead atoms. The molecular formula is C29H22N4O. The van der Waals surface area contributed by atoms with Crippen LogP contribution in [0.5, 0.6) is 0 Å².